The van der Waals surface area contributed by atoms with Crippen LogP contribution in [0.4, 0.5) is 11.4 Å². The number of amides is 1. The van der Waals surface area contributed by atoms with Crippen LogP contribution in [0.25, 0.3) is 0 Å². The molecule has 2 heterocycles. The van der Waals surface area contributed by atoms with E-state index < -0.39 is 10.3 Å². The number of nitrogens with zero attached hydrogens (tertiary/aromatic N) is 2. The molecule has 2 aliphatic rings. The SMILES string of the molecule is Cc1ccc(N2C(=O)CS[C@@H]2c2cc3c(cc2[N+](=O)[O-])OCO3)cc1C. The molecule has 1 atom stereocenters. The van der Waals surface area contributed by atoms with E-state index in [1.165, 1.54) is 17.8 Å². The summed E-state index contributed by atoms with van der Waals surface area (Å²) in [7, 11) is 0. The minimum Gasteiger partial charge on any atom is -0.454 e. The molecule has 1 amide bonds. The highest BCUT2D eigenvalue weighted by molar-refractivity contribution is 8.00. The van der Waals surface area contributed by atoms with Crippen molar-refractivity contribution in [1.29, 1.82) is 0 Å². The van der Waals surface area contributed by atoms with Crippen molar-refractivity contribution in [2.75, 3.05) is 17.4 Å². The Kier molecular flexibility index (Phi) is 3.99. The maximum absolute atomic E-state index is 12.5. The van der Waals surface area contributed by atoms with E-state index in [9.17, 15) is 14.9 Å². The van der Waals surface area contributed by atoms with Gasteiger partial charge in [0.05, 0.1) is 22.3 Å². The first kappa shape index (κ1) is 16.7. The Morgan fingerprint density at radius 2 is 1.88 bits per heavy atom. The second kappa shape index (κ2) is 6.21. The van der Waals surface area contributed by atoms with Gasteiger partial charge in [0, 0.05) is 5.69 Å². The topological polar surface area (TPSA) is 81.9 Å². The summed E-state index contributed by atoms with van der Waals surface area (Å²) in [6.45, 7) is 4.01. The number of carbonyl (C=O) groups is 1. The molecule has 8 heteroatoms. The summed E-state index contributed by atoms with van der Waals surface area (Å²) in [4.78, 5) is 25.3. The molecule has 0 unspecified atom stereocenters. The third-order valence-corrected chi connectivity index (χ3v) is 5.82. The van der Waals surface area contributed by atoms with Crippen LogP contribution >= 0.6 is 11.8 Å². The average Bonchev–Trinajstić information content (AvgIpc) is 3.22. The number of ether oxygens (including phenoxy) is 2. The van der Waals surface area contributed by atoms with E-state index in [2.05, 4.69) is 0 Å². The summed E-state index contributed by atoms with van der Waals surface area (Å²) in [6, 6.07) is 8.75. The van der Waals surface area contributed by atoms with Crippen molar-refractivity contribution in [3.63, 3.8) is 0 Å². The number of thioether (sulfide) groups is 1. The van der Waals surface area contributed by atoms with Crippen LogP contribution in [0.15, 0.2) is 30.3 Å². The van der Waals surface area contributed by atoms with Gasteiger partial charge in [-0.25, -0.2) is 0 Å². The first-order chi connectivity index (χ1) is 12.5. The molecule has 1 saturated heterocycles. The number of nitro benzene ring substituents is 1. The lowest BCUT2D eigenvalue weighted by atomic mass is 10.1. The first-order valence-corrected chi connectivity index (χ1v) is 9.09. The first-order valence-electron chi connectivity index (χ1n) is 8.04. The molecule has 1 fully saturated rings. The van der Waals surface area contributed by atoms with E-state index in [0.29, 0.717) is 17.1 Å². The highest BCUT2D eigenvalue weighted by atomic mass is 32.2. The summed E-state index contributed by atoms with van der Waals surface area (Å²) in [6.07, 6.45) is 0. The van der Waals surface area contributed by atoms with Gasteiger partial charge >= 0.3 is 0 Å². The highest BCUT2D eigenvalue weighted by Crippen LogP contribution is 2.48. The number of carbonyl (C=O) groups excluding carboxylic acids is 1. The van der Waals surface area contributed by atoms with E-state index in [1.54, 1.807) is 11.0 Å². The molecule has 134 valence electrons. The fourth-order valence-corrected chi connectivity index (χ4v) is 4.31. The summed E-state index contributed by atoms with van der Waals surface area (Å²) in [5.74, 6) is 1.01. The number of hydrogen-bond acceptors (Lipinski definition) is 6. The van der Waals surface area contributed by atoms with Gasteiger partial charge in [0.2, 0.25) is 12.7 Å². The number of aryl methyl sites for hydroxylation is 2. The molecule has 0 N–H and O–H groups in total. The van der Waals surface area contributed by atoms with E-state index in [4.69, 9.17) is 9.47 Å². The van der Waals surface area contributed by atoms with Gasteiger partial charge in [0.15, 0.2) is 11.5 Å². The monoisotopic (exact) mass is 372 g/mol. The zero-order valence-corrected chi connectivity index (χ0v) is 15.0. The smallest absolute Gasteiger partial charge is 0.279 e. The van der Waals surface area contributed by atoms with Gasteiger partial charge in [-0.1, -0.05) is 6.07 Å². The van der Waals surface area contributed by atoms with Gasteiger partial charge in [0.1, 0.15) is 5.37 Å². The summed E-state index contributed by atoms with van der Waals surface area (Å²) in [5.41, 5.74) is 3.29. The Labute approximate surface area is 154 Å². The Morgan fingerprint density at radius 1 is 1.15 bits per heavy atom. The molecule has 0 spiro atoms. The Morgan fingerprint density at radius 3 is 2.58 bits per heavy atom. The van der Waals surface area contributed by atoms with Gasteiger partial charge < -0.3 is 9.47 Å². The van der Waals surface area contributed by atoms with Gasteiger partial charge in [-0.15, -0.1) is 11.8 Å². The fraction of sp³-hybridized carbons (Fsp3) is 0.278. The number of fused-ring (bicyclic) bond motifs is 1. The summed E-state index contributed by atoms with van der Waals surface area (Å²) >= 11 is 1.37. The van der Waals surface area contributed by atoms with Crippen LogP contribution in [0.2, 0.25) is 0 Å². The zero-order chi connectivity index (χ0) is 18.4. The van der Waals surface area contributed by atoms with Gasteiger partial charge in [-0.05, 0) is 43.2 Å². The molecule has 0 aliphatic carbocycles. The van der Waals surface area contributed by atoms with Crippen LogP contribution in [-0.4, -0.2) is 23.4 Å². The number of rotatable bonds is 3. The number of benzene rings is 2. The Hall–Kier alpha value is -2.74. The maximum atomic E-state index is 12.5. The fourth-order valence-electron chi connectivity index (χ4n) is 3.11. The molecule has 0 saturated carbocycles. The number of nitro groups is 1. The predicted octanol–water partition coefficient (Wildman–Crippen LogP) is 3.72. The molecule has 4 rings (SSSR count). The lowest BCUT2D eigenvalue weighted by Crippen LogP contribution is -2.28. The van der Waals surface area contributed by atoms with Crippen molar-refractivity contribution in [1.82, 2.24) is 0 Å². The lowest BCUT2D eigenvalue weighted by Gasteiger charge is -2.25. The van der Waals surface area contributed by atoms with Crippen LogP contribution in [-0.2, 0) is 4.79 Å². The lowest BCUT2D eigenvalue weighted by molar-refractivity contribution is -0.385. The van der Waals surface area contributed by atoms with Gasteiger partial charge in [-0.2, -0.15) is 0 Å². The third kappa shape index (κ3) is 2.66. The van der Waals surface area contributed by atoms with Crippen LogP contribution in [0.1, 0.15) is 22.1 Å². The van der Waals surface area contributed by atoms with Crippen LogP contribution in [0.3, 0.4) is 0 Å². The highest BCUT2D eigenvalue weighted by Gasteiger charge is 2.39. The van der Waals surface area contributed by atoms with E-state index in [0.717, 1.165) is 16.8 Å². The normalized spacial score (nSPS) is 18.5. The molecular weight excluding hydrogens is 356 g/mol. The van der Waals surface area contributed by atoms with Gasteiger partial charge in [-0.3, -0.25) is 19.8 Å². The zero-order valence-electron chi connectivity index (χ0n) is 14.2. The van der Waals surface area contributed by atoms with Crippen LogP contribution in [0, 0.1) is 24.0 Å². The molecule has 26 heavy (non-hydrogen) atoms. The largest absolute Gasteiger partial charge is 0.454 e. The Bertz CT molecular complexity index is 930. The minimum absolute atomic E-state index is 0.0353. The predicted molar refractivity (Wildman–Crippen MR) is 97.8 cm³/mol. The average molecular weight is 372 g/mol. The van der Waals surface area contributed by atoms with Crippen molar-refractivity contribution >= 4 is 29.0 Å². The molecule has 0 radical (unpaired) electrons. The van der Waals surface area contributed by atoms with Crippen molar-refractivity contribution in [3.8, 4) is 11.5 Å². The molecular formula is C18H16N2O5S. The molecule has 2 aromatic carbocycles. The third-order valence-electron chi connectivity index (χ3n) is 4.62. The molecule has 0 aromatic heterocycles. The van der Waals surface area contributed by atoms with Crippen molar-refractivity contribution in [3.05, 3.63) is 57.1 Å². The van der Waals surface area contributed by atoms with Crippen molar-refractivity contribution in [2.45, 2.75) is 19.2 Å². The number of hydrogen-bond donors (Lipinski definition) is 0. The van der Waals surface area contributed by atoms with Crippen LogP contribution < -0.4 is 14.4 Å². The van der Waals surface area contributed by atoms with E-state index in [1.807, 2.05) is 32.0 Å². The minimum atomic E-state index is -0.487. The number of anilines is 1. The van der Waals surface area contributed by atoms with Crippen LogP contribution in [0.5, 0.6) is 11.5 Å². The van der Waals surface area contributed by atoms with E-state index in [-0.39, 0.29) is 24.1 Å². The summed E-state index contributed by atoms with van der Waals surface area (Å²) < 4.78 is 10.6. The van der Waals surface area contributed by atoms with Crippen molar-refractivity contribution in [2.24, 2.45) is 0 Å². The van der Waals surface area contributed by atoms with Crippen molar-refractivity contribution < 1.29 is 19.2 Å². The second-order valence-electron chi connectivity index (χ2n) is 6.22. The standard InChI is InChI=1S/C18H16N2O5S/c1-10-3-4-12(5-11(10)2)19-17(21)8-26-18(19)13-6-15-16(25-9-24-15)7-14(13)20(22)23/h3-7,18H,8-9H2,1-2H3/t18-/m1/s1. The molecule has 2 aliphatic heterocycles. The Balaban J connectivity index is 1.82. The van der Waals surface area contributed by atoms with Gasteiger partial charge in [0.25, 0.3) is 5.69 Å². The second-order valence-corrected chi connectivity index (χ2v) is 7.29. The summed E-state index contributed by atoms with van der Waals surface area (Å²) in [5, 5.41) is 11.1. The molecule has 7 nitrogen and oxygen atoms in total. The quantitative estimate of drug-likeness (QED) is 0.603. The molecule has 2 aromatic rings. The maximum Gasteiger partial charge on any atom is 0.279 e. The molecule has 0 bridgehead atoms. The van der Waals surface area contributed by atoms with E-state index >= 15 is 0 Å².